The van der Waals surface area contributed by atoms with Crippen molar-refractivity contribution < 1.29 is 4.79 Å². The summed E-state index contributed by atoms with van der Waals surface area (Å²) in [7, 11) is 1.58. The summed E-state index contributed by atoms with van der Waals surface area (Å²) in [5.41, 5.74) is 5.04. The lowest BCUT2D eigenvalue weighted by Crippen LogP contribution is -2.20. The monoisotopic (exact) mass is 388 g/mol. The van der Waals surface area contributed by atoms with E-state index in [2.05, 4.69) is 16.2 Å². The molecule has 1 amide bonds. The molecule has 0 spiro atoms. The summed E-state index contributed by atoms with van der Waals surface area (Å²) in [6.45, 7) is 1.94. The van der Waals surface area contributed by atoms with Gasteiger partial charge in [0, 0.05) is 28.8 Å². The van der Waals surface area contributed by atoms with E-state index in [1.54, 1.807) is 13.4 Å². The molecule has 0 bridgehead atoms. The number of amides is 1. The smallest absolute Gasteiger partial charge is 0.271 e. The number of carbonyl (C=O) groups is 1. The highest BCUT2D eigenvalue weighted by atomic mass is 35.5. The molecule has 0 saturated carbocycles. The standard InChI is InChI=1S/C22H17ClN4O/c1-4-14-9-10-18-16(11-14)19(15-7-5-6-8-17(15)23)26-13(2)21-20(22(28)24-3)25-12-27(18)21/h1,5-13H,2-3H3,(H,24,28)/t13-/m0/s1. The van der Waals surface area contributed by atoms with E-state index >= 15 is 0 Å². The molecule has 5 nitrogen and oxygen atoms in total. The minimum Gasteiger partial charge on any atom is -0.354 e. The molecule has 138 valence electrons. The van der Waals surface area contributed by atoms with Crippen LogP contribution in [0.5, 0.6) is 0 Å². The summed E-state index contributed by atoms with van der Waals surface area (Å²) in [6.07, 6.45) is 7.28. The topological polar surface area (TPSA) is 59.3 Å². The van der Waals surface area contributed by atoms with Crippen LogP contribution in [0, 0.1) is 12.3 Å². The van der Waals surface area contributed by atoms with Crippen LogP contribution in [-0.2, 0) is 0 Å². The van der Waals surface area contributed by atoms with Crippen molar-refractivity contribution in [1.29, 1.82) is 0 Å². The predicted molar refractivity (Wildman–Crippen MR) is 110 cm³/mol. The Morgan fingerprint density at radius 1 is 1.25 bits per heavy atom. The molecule has 1 aliphatic rings. The van der Waals surface area contributed by atoms with Crippen LogP contribution in [0.4, 0.5) is 0 Å². The van der Waals surface area contributed by atoms with Gasteiger partial charge in [0.25, 0.3) is 5.91 Å². The van der Waals surface area contributed by atoms with Crippen LogP contribution in [0.2, 0.25) is 5.02 Å². The molecule has 0 fully saturated rings. The Morgan fingerprint density at radius 2 is 2.04 bits per heavy atom. The normalized spacial score (nSPS) is 14.9. The van der Waals surface area contributed by atoms with Crippen LogP contribution >= 0.6 is 11.6 Å². The van der Waals surface area contributed by atoms with Crippen molar-refractivity contribution in [2.24, 2.45) is 4.99 Å². The van der Waals surface area contributed by atoms with E-state index in [-0.39, 0.29) is 11.9 Å². The van der Waals surface area contributed by atoms with E-state index in [9.17, 15) is 4.79 Å². The van der Waals surface area contributed by atoms with E-state index in [1.807, 2.05) is 54.0 Å². The molecule has 6 heteroatoms. The molecule has 1 aliphatic heterocycles. The first-order valence-electron chi connectivity index (χ1n) is 8.78. The first-order valence-corrected chi connectivity index (χ1v) is 9.16. The van der Waals surface area contributed by atoms with Gasteiger partial charge >= 0.3 is 0 Å². The summed E-state index contributed by atoms with van der Waals surface area (Å²) in [5.74, 6) is 2.42. The quantitative estimate of drug-likeness (QED) is 0.679. The molecular formula is C22H17ClN4O. The van der Waals surface area contributed by atoms with Crippen LogP contribution in [0.25, 0.3) is 5.69 Å². The second kappa shape index (κ2) is 6.99. The number of terminal acetylenes is 1. The van der Waals surface area contributed by atoms with E-state index in [4.69, 9.17) is 23.0 Å². The number of aliphatic imine (C=N–C) groups is 1. The highest BCUT2D eigenvalue weighted by Gasteiger charge is 2.28. The summed E-state index contributed by atoms with van der Waals surface area (Å²) in [5, 5.41) is 3.24. The van der Waals surface area contributed by atoms with E-state index in [0.29, 0.717) is 10.7 Å². The maximum Gasteiger partial charge on any atom is 0.271 e. The van der Waals surface area contributed by atoms with Crippen LogP contribution in [0.15, 0.2) is 53.8 Å². The Bertz CT molecular complexity index is 1170. The highest BCUT2D eigenvalue weighted by molar-refractivity contribution is 6.35. The number of rotatable bonds is 2. The largest absolute Gasteiger partial charge is 0.354 e. The van der Waals surface area contributed by atoms with Gasteiger partial charge in [-0.15, -0.1) is 6.42 Å². The third kappa shape index (κ3) is 2.79. The SMILES string of the molecule is C#Cc1ccc2c(c1)C(c1ccccc1Cl)=N[C@@H](C)c1c(C(=O)NC)ncn1-2. The zero-order valence-corrected chi connectivity index (χ0v) is 16.2. The molecule has 0 aliphatic carbocycles. The molecule has 0 unspecified atom stereocenters. The van der Waals surface area contributed by atoms with Gasteiger partial charge in [-0.3, -0.25) is 14.4 Å². The number of hydrogen-bond acceptors (Lipinski definition) is 3. The zero-order valence-electron chi connectivity index (χ0n) is 15.4. The number of carbonyl (C=O) groups excluding carboxylic acids is 1. The minimum atomic E-state index is -0.317. The lowest BCUT2D eigenvalue weighted by Gasteiger charge is -2.13. The number of aromatic nitrogens is 2. The summed E-state index contributed by atoms with van der Waals surface area (Å²) >= 11 is 6.48. The van der Waals surface area contributed by atoms with E-state index < -0.39 is 0 Å². The Morgan fingerprint density at radius 3 is 2.75 bits per heavy atom. The number of nitrogens with one attached hydrogen (secondary N) is 1. The number of fused-ring (bicyclic) bond motifs is 3. The summed E-state index contributed by atoms with van der Waals surface area (Å²) in [4.78, 5) is 21.6. The predicted octanol–water partition coefficient (Wildman–Crippen LogP) is 3.78. The van der Waals surface area contributed by atoms with Crippen molar-refractivity contribution in [3.63, 3.8) is 0 Å². The average Bonchev–Trinajstić information content (AvgIpc) is 3.12. The molecule has 1 atom stereocenters. The van der Waals surface area contributed by atoms with Gasteiger partial charge in [-0.25, -0.2) is 4.98 Å². The molecule has 3 aromatic rings. The van der Waals surface area contributed by atoms with Crippen molar-refractivity contribution in [3.8, 4) is 18.0 Å². The van der Waals surface area contributed by atoms with Gasteiger partial charge in [0.1, 0.15) is 6.33 Å². The zero-order chi connectivity index (χ0) is 19.8. The molecule has 2 heterocycles. The molecule has 28 heavy (non-hydrogen) atoms. The average molecular weight is 389 g/mol. The van der Waals surface area contributed by atoms with Gasteiger partial charge < -0.3 is 5.32 Å². The second-order valence-corrected chi connectivity index (χ2v) is 6.84. The summed E-state index contributed by atoms with van der Waals surface area (Å²) in [6, 6.07) is 12.9. The van der Waals surface area contributed by atoms with Gasteiger partial charge in [-0.1, -0.05) is 35.7 Å². The fourth-order valence-electron chi connectivity index (χ4n) is 3.46. The first-order chi connectivity index (χ1) is 13.5. The van der Waals surface area contributed by atoms with Crippen LogP contribution in [0.3, 0.4) is 0 Å². The Kier molecular flexibility index (Phi) is 4.50. The Labute approximate surface area is 168 Å². The van der Waals surface area contributed by atoms with Crippen molar-refractivity contribution in [2.75, 3.05) is 7.05 Å². The molecule has 1 aromatic heterocycles. The van der Waals surface area contributed by atoms with Gasteiger partial charge in [-0.2, -0.15) is 0 Å². The minimum absolute atomic E-state index is 0.251. The Hall–Kier alpha value is -3.36. The first kappa shape index (κ1) is 18.0. The third-order valence-corrected chi connectivity index (χ3v) is 5.10. The molecule has 0 radical (unpaired) electrons. The molecule has 2 aromatic carbocycles. The Balaban J connectivity index is 2.05. The number of halogens is 1. The highest BCUT2D eigenvalue weighted by Crippen LogP contribution is 2.34. The summed E-state index contributed by atoms with van der Waals surface area (Å²) < 4.78 is 1.90. The molecule has 1 N–H and O–H groups in total. The molecule has 4 rings (SSSR count). The maximum absolute atomic E-state index is 12.3. The lowest BCUT2D eigenvalue weighted by molar-refractivity contribution is 0.0957. The maximum atomic E-state index is 12.3. The van der Waals surface area contributed by atoms with Crippen molar-refractivity contribution in [1.82, 2.24) is 14.9 Å². The van der Waals surface area contributed by atoms with Crippen molar-refractivity contribution >= 4 is 23.2 Å². The van der Waals surface area contributed by atoms with Crippen LogP contribution < -0.4 is 5.32 Å². The molecule has 0 saturated heterocycles. The second-order valence-electron chi connectivity index (χ2n) is 6.44. The van der Waals surface area contributed by atoms with Gasteiger partial charge in [-0.05, 0) is 31.2 Å². The number of benzene rings is 2. The van der Waals surface area contributed by atoms with Gasteiger partial charge in [0.05, 0.1) is 23.1 Å². The van der Waals surface area contributed by atoms with E-state index in [0.717, 1.165) is 33.8 Å². The van der Waals surface area contributed by atoms with Crippen LogP contribution in [0.1, 0.15) is 45.8 Å². The van der Waals surface area contributed by atoms with Crippen LogP contribution in [-0.4, -0.2) is 28.2 Å². The lowest BCUT2D eigenvalue weighted by atomic mass is 9.98. The van der Waals surface area contributed by atoms with Crippen molar-refractivity contribution in [3.05, 3.63) is 81.9 Å². The fraction of sp³-hybridized carbons (Fsp3) is 0.136. The van der Waals surface area contributed by atoms with Gasteiger partial charge in [0.15, 0.2) is 5.69 Å². The number of nitrogens with zero attached hydrogens (tertiary/aromatic N) is 3. The van der Waals surface area contributed by atoms with Gasteiger partial charge in [0.2, 0.25) is 0 Å². The number of imidazole rings is 1. The fourth-order valence-corrected chi connectivity index (χ4v) is 3.69. The van der Waals surface area contributed by atoms with Crippen molar-refractivity contribution in [2.45, 2.75) is 13.0 Å². The van der Waals surface area contributed by atoms with E-state index in [1.165, 1.54) is 0 Å². The number of hydrogen-bond donors (Lipinski definition) is 1. The molecular weight excluding hydrogens is 372 g/mol. The third-order valence-electron chi connectivity index (χ3n) is 4.77.